The number of carbonyl (C=O) groups is 1. The first-order valence-corrected chi connectivity index (χ1v) is 12.9. The van der Waals surface area contributed by atoms with E-state index < -0.39 is 10.0 Å². The topological polar surface area (TPSA) is 88.1 Å². The first-order chi connectivity index (χ1) is 15.4. The van der Waals surface area contributed by atoms with Crippen LogP contribution in [0, 0.1) is 0 Å². The molecule has 1 unspecified atom stereocenters. The number of anilines is 1. The van der Waals surface area contributed by atoms with Gasteiger partial charge in [0.1, 0.15) is 5.75 Å². The monoisotopic (exact) mass is 469 g/mol. The fourth-order valence-electron chi connectivity index (χ4n) is 3.68. The molecule has 7 nitrogen and oxygen atoms in total. The number of nitrogens with one attached hydrogen (secondary N) is 1. The van der Waals surface area contributed by atoms with Crippen LogP contribution in [-0.4, -0.2) is 37.9 Å². The van der Waals surface area contributed by atoms with Gasteiger partial charge in [-0.1, -0.05) is 42.5 Å². The first-order valence-electron chi connectivity index (χ1n) is 10.1. The highest BCUT2D eigenvalue weighted by atomic mass is 32.2. The van der Waals surface area contributed by atoms with E-state index in [2.05, 4.69) is 9.82 Å². The Morgan fingerprint density at radius 2 is 1.91 bits per heavy atom. The van der Waals surface area contributed by atoms with Gasteiger partial charge in [-0.2, -0.15) is 5.10 Å². The fourth-order valence-corrected chi connectivity index (χ4v) is 4.91. The number of amides is 1. The lowest BCUT2D eigenvalue weighted by molar-refractivity contribution is 0.0714. The van der Waals surface area contributed by atoms with Crippen molar-refractivity contribution < 1.29 is 17.9 Å². The Balaban J connectivity index is 1.79. The van der Waals surface area contributed by atoms with Crippen molar-refractivity contribution in [2.75, 3.05) is 17.6 Å². The minimum atomic E-state index is -3.48. The minimum Gasteiger partial charge on any atom is -0.494 e. The molecule has 4 rings (SSSR count). The standard InChI is InChI=1S/C23H23N3O4S2/c1-3-30-21-12-7-5-10-17(21)20-15-19(24-26(20)23(27)22-13-8-14-31-22)16-9-4-6-11-18(16)25-32(2,28)29/h4-14,20,25H,3,15H2,1-2H3. The molecule has 1 aliphatic rings. The molecule has 0 spiro atoms. The molecule has 0 aliphatic carbocycles. The number of hydrogen-bond donors (Lipinski definition) is 1. The van der Waals surface area contributed by atoms with Crippen LogP contribution in [0.4, 0.5) is 5.69 Å². The normalized spacial score (nSPS) is 16.0. The third kappa shape index (κ3) is 4.68. The van der Waals surface area contributed by atoms with Crippen molar-refractivity contribution in [2.45, 2.75) is 19.4 Å². The predicted octanol–water partition coefficient (Wildman–Crippen LogP) is 4.51. The third-order valence-corrected chi connectivity index (χ3v) is 6.41. The summed E-state index contributed by atoms with van der Waals surface area (Å²) in [6, 6.07) is 17.9. The second-order valence-electron chi connectivity index (χ2n) is 7.28. The molecule has 1 N–H and O–H groups in total. The number of rotatable bonds is 7. The van der Waals surface area contributed by atoms with Crippen molar-refractivity contribution in [3.63, 3.8) is 0 Å². The van der Waals surface area contributed by atoms with Gasteiger partial charge in [0.15, 0.2) is 0 Å². The van der Waals surface area contributed by atoms with E-state index in [1.54, 1.807) is 24.3 Å². The van der Waals surface area contributed by atoms with Crippen LogP contribution >= 0.6 is 11.3 Å². The summed E-state index contributed by atoms with van der Waals surface area (Å²) >= 11 is 1.35. The molecular formula is C23H23N3O4S2. The summed E-state index contributed by atoms with van der Waals surface area (Å²) in [6.07, 6.45) is 1.53. The van der Waals surface area contributed by atoms with Gasteiger partial charge >= 0.3 is 0 Å². The molecule has 0 fully saturated rings. The molecule has 2 heterocycles. The van der Waals surface area contributed by atoms with Gasteiger partial charge in [0.25, 0.3) is 5.91 Å². The summed E-state index contributed by atoms with van der Waals surface area (Å²) in [5.74, 6) is 0.489. The minimum absolute atomic E-state index is 0.208. The number of benzene rings is 2. The summed E-state index contributed by atoms with van der Waals surface area (Å²) in [7, 11) is -3.48. The summed E-state index contributed by atoms with van der Waals surface area (Å²) in [6.45, 7) is 2.41. The van der Waals surface area contributed by atoms with Crippen molar-refractivity contribution in [3.05, 3.63) is 82.0 Å². The first kappa shape index (κ1) is 22.0. The Hall–Kier alpha value is -3.17. The zero-order valence-corrected chi connectivity index (χ0v) is 19.3. The number of hydrazone groups is 1. The highest BCUT2D eigenvalue weighted by molar-refractivity contribution is 7.92. The molecule has 1 aliphatic heterocycles. The Labute approximate surface area is 191 Å². The van der Waals surface area contributed by atoms with Gasteiger partial charge in [0, 0.05) is 17.5 Å². The van der Waals surface area contributed by atoms with E-state index in [1.807, 2.05) is 48.7 Å². The zero-order chi connectivity index (χ0) is 22.7. The molecule has 9 heteroatoms. The van der Waals surface area contributed by atoms with Gasteiger partial charge < -0.3 is 4.74 Å². The van der Waals surface area contributed by atoms with Gasteiger partial charge in [-0.25, -0.2) is 13.4 Å². The number of sulfonamides is 1. The fraction of sp³-hybridized carbons (Fsp3) is 0.217. The van der Waals surface area contributed by atoms with Crippen LogP contribution in [0.3, 0.4) is 0 Å². The van der Waals surface area contributed by atoms with E-state index in [0.717, 1.165) is 11.8 Å². The lowest BCUT2D eigenvalue weighted by atomic mass is 9.97. The second kappa shape index (κ2) is 9.13. The average Bonchev–Trinajstić information content (AvgIpc) is 3.44. The van der Waals surface area contributed by atoms with Gasteiger partial charge in [0.2, 0.25) is 10.0 Å². The number of carbonyl (C=O) groups excluding carboxylic acids is 1. The van der Waals surface area contributed by atoms with Crippen molar-refractivity contribution in [1.29, 1.82) is 0 Å². The SMILES string of the molecule is CCOc1ccccc1C1CC(c2ccccc2NS(C)(=O)=O)=NN1C(=O)c1cccs1. The van der Waals surface area contributed by atoms with Crippen molar-refractivity contribution >= 4 is 38.7 Å². The molecule has 2 aromatic carbocycles. The molecule has 166 valence electrons. The quantitative estimate of drug-likeness (QED) is 0.551. The second-order valence-corrected chi connectivity index (χ2v) is 9.98. The number of nitrogens with zero attached hydrogens (tertiary/aromatic N) is 2. The van der Waals surface area contributed by atoms with E-state index in [9.17, 15) is 13.2 Å². The van der Waals surface area contributed by atoms with Crippen LogP contribution < -0.4 is 9.46 Å². The molecular weight excluding hydrogens is 446 g/mol. The van der Waals surface area contributed by atoms with Crippen molar-refractivity contribution in [2.24, 2.45) is 5.10 Å². The van der Waals surface area contributed by atoms with E-state index >= 15 is 0 Å². The van der Waals surface area contributed by atoms with Crippen LogP contribution in [-0.2, 0) is 10.0 Å². The lowest BCUT2D eigenvalue weighted by Gasteiger charge is -2.23. The Bertz CT molecular complexity index is 1250. The van der Waals surface area contributed by atoms with Crippen LogP contribution in [0.25, 0.3) is 0 Å². The van der Waals surface area contributed by atoms with Crippen LogP contribution in [0.5, 0.6) is 5.75 Å². The van der Waals surface area contributed by atoms with Gasteiger partial charge in [-0.3, -0.25) is 9.52 Å². The van der Waals surface area contributed by atoms with E-state index in [0.29, 0.717) is 40.6 Å². The molecule has 1 aromatic heterocycles. The summed E-state index contributed by atoms with van der Waals surface area (Å²) < 4.78 is 32.1. The number of hydrogen-bond acceptors (Lipinski definition) is 6. The van der Waals surface area contributed by atoms with Crippen molar-refractivity contribution in [1.82, 2.24) is 5.01 Å². The van der Waals surface area contributed by atoms with Crippen LogP contribution in [0.15, 0.2) is 71.1 Å². The van der Waals surface area contributed by atoms with Crippen LogP contribution in [0.1, 0.15) is 40.2 Å². The molecule has 1 amide bonds. The summed E-state index contributed by atoms with van der Waals surface area (Å²) in [5.41, 5.74) is 2.54. The van der Waals surface area contributed by atoms with E-state index in [1.165, 1.54) is 16.3 Å². The molecule has 0 saturated carbocycles. The molecule has 1 atom stereocenters. The Kier molecular flexibility index (Phi) is 6.29. The maximum Gasteiger partial charge on any atom is 0.284 e. The zero-order valence-electron chi connectivity index (χ0n) is 17.7. The Morgan fingerprint density at radius 1 is 1.16 bits per heavy atom. The van der Waals surface area contributed by atoms with E-state index in [-0.39, 0.29) is 11.9 Å². The molecule has 0 bridgehead atoms. The van der Waals surface area contributed by atoms with Crippen LogP contribution in [0.2, 0.25) is 0 Å². The van der Waals surface area contributed by atoms with Gasteiger partial charge in [-0.05, 0) is 30.5 Å². The smallest absolute Gasteiger partial charge is 0.284 e. The molecule has 0 saturated heterocycles. The predicted molar refractivity (Wildman–Crippen MR) is 127 cm³/mol. The average molecular weight is 470 g/mol. The lowest BCUT2D eigenvalue weighted by Crippen LogP contribution is -2.26. The highest BCUT2D eigenvalue weighted by Gasteiger charge is 2.36. The van der Waals surface area contributed by atoms with Gasteiger partial charge in [0.05, 0.1) is 35.2 Å². The largest absolute Gasteiger partial charge is 0.494 e. The van der Waals surface area contributed by atoms with E-state index in [4.69, 9.17) is 4.74 Å². The molecule has 32 heavy (non-hydrogen) atoms. The number of ether oxygens (including phenoxy) is 1. The van der Waals surface area contributed by atoms with Gasteiger partial charge in [-0.15, -0.1) is 11.3 Å². The van der Waals surface area contributed by atoms with Crippen molar-refractivity contribution in [3.8, 4) is 5.75 Å². The number of thiophene rings is 1. The molecule has 0 radical (unpaired) electrons. The third-order valence-electron chi connectivity index (χ3n) is 4.96. The Morgan fingerprint density at radius 3 is 2.62 bits per heavy atom. The summed E-state index contributed by atoms with van der Waals surface area (Å²) in [4.78, 5) is 13.9. The number of para-hydroxylation sites is 2. The maximum atomic E-state index is 13.3. The maximum absolute atomic E-state index is 13.3. The highest BCUT2D eigenvalue weighted by Crippen LogP contribution is 2.39. The summed E-state index contributed by atoms with van der Waals surface area (Å²) in [5, 5.41) is 8.01. The molecule has 3 aromatic rings.